The van der Waals surface area contributed by atoms with Crippen LogP contribution in [0.1, 0.15) is 40.2 Å². The Morgan fingerprint density at radius 1 is 1.07 bits per heavy atom. The van der Waals surface area contributed by atoms with E-state index in [0.717, 1.165) is 24.5 Å². The van der Waals surface area contributed by atoms with Crippen LogP contribution in [0.4, 0.5) is 10.5 Å². The van der Waals surface area contributed by atoms with Crippen LogP contribution in [0.15, 0.2) is 29.3 Å². The predicted molar refractivity (Wildman–Crippen MR) is 110 cm³/mol. The summed E-state index contributed by atoms with van der Waals surface area (Å²) in [5.41, 5.74) is 1.10. The van der Waals surface area contributed by atoms with Gasteiger partial charge in [0.15, 0.2) is 5.96 Å². The number of carbonyl (C=O) groups excluding carboxylic acids is 1. The molecule has 0 aliphatic heterocycles. The van der Waals surface area contributed by atoms with E-state index in [1.165, 1.54) is 0 Å². The molecule has 0 saturated carbocycles. The molecule has 0 saturated heterocycles. The molecule has 0 fully saturated rings. The van der Waals surface area contributed by atoms with E-state index in [-0.39, 0.29) is 5.60 Å². The minimum atomic E-state index is -0.513. The standard InChI is InChI=1S/C20H34N4O3/c1-19(2,3)27-18(25)24-16-10-8-15(9-11-16)12-13-22-17(21-6)23-14-20(4,5)26-7/h8-11H,12-14H2,1-7H3,(H,24,25)(H2,21,22,23). The zero-order valence-corrected chi connectivity index (χ0v) is 17.6. The molecule has 0 radical (unpaired) electrons. The van der Waals surface area contributed by atoms with Crippen LogP contribution >= 0.6 is 0 Å². The van der Waals surface area contributed by atoms with Crippen molar-refractivity contribution < 1.29 is 14.3 Å². The Morgan fingerprint density at radius 2 is 1.70 bits per heavy atom. The van der Waals surface area contributed by atoms with Gasteiger partial charge in [0.1, 0.15) is 5.60 Å². The van der Waals surface area contributed by atoms with Crippen molar-refractivity contribution in [2.75, 3.05) is 32.6 Å². The third kappa shape index (κ3) is 9.84. The first-order chi connectivity index (χ1) is 12.5. The Labute approximate surface area is 162 Å². The first kappa shape index (κ1) is 22.8. The zero-order valence-electron chi connectivity index (χ0n) is 17.6. The minimum absolute atomic E-state index is 0.255. The molecule has 1 aromatic carbocycles. The molecular formula is C20H34N4O3. The van der Waals surface area contributed by atoms with Crippen molar-refractivity contribution in [2.45, 2.75) is 52.2 Å². The summed E-state index contributed by atoms with van der Waals surface area (Å²) in [7, 11) is 3.44. The highest BCUT2D eigenvalue weighted by molar-refractivity contribution is 5.84. The molecule has 3 N–H and O–H groups in total. The zero-order chi connectivity index (χ0) is 20.5. The van der Waals surface area contributed by atoms with Gasteiger partial charge in [0.25, 0.3) is 0 Å². The highest BCUT2D eigenvalue weighted by atomic mass is 16.6. The number of hydrogen-bond acceptors (Lipinski definition) is 4. The SMILES string of the molecule is CN=C(NCCc1ccc(NC(=O)OC(C)(C)C)cc1)NCC(C)(C)OC. The van der Waals surface area contributed by atoms with Crippen molar-refractivity contribution in [1.29, 1.82) is 0 Å². The van der Waals surface area contributed by atoms with Crippen LogP contribution in [0.5, 0.6) is 0 Å². The first-order valence-electron chi connectivity index (χ1n) is 9.13. The summed E-state index contributed by atoms with van der Waals surface area (Å²) in [6.45, 7) is 10.9. The van der Waals surface area contributed by atoms with Gasteiger partial charge in [-0.05, 0) is 58.7 Å². The van der Waals surface area contributed by atoms with Gasteiger partial charge in [0, 0.05) is 32.9 Å². The van der Waals surface area contributed by atoms with Crippen molar-refractivity contribution in [3.63, 3.8) is 0 Å². The van der Waals surface area contributed by atoms with Gasteiger partial charge < -0.3 is 20.1 Å². The van der Waals surface area contributed by atoms with Crippen LogP contribution in [0.3, 0.4) is 0 Å². The van der Waals surface area contributed by atoms with Gasteiger partial charge in [0.2, 0.25) is 0 Å². The number of methoxy groups -OCH3 is 1. The monoisotopic (exact) mass is 378 g/mol. The number of nitrogens with zero attached hydrogens (tertiary/aromatic N) is 1. The summed E-state index contributed by atoms with van der Waals surface area (Å²) in [6.07, 6.45) is 0.381. The molecular weight excluding hydrogens is 344 g/mol. The lowest BCUT2D eigenvalue weighted by Gasteiger charge is -2.24. The molecule has 152 valence electrons. The van der Waals surface area contributed by atoms with Crippen LogP contribution < -0.4 is 16.0 Å². The molecule has 27 heavy (non-hydrogen) atoms. The van der Waals surface area contributed by atoms with Gasteiger partial charge in [0.05, 0.1) is 5.60 Å². The van der Waals surface area contributed by atoms with Crippen molar-refractivity contribution in [3.05, 3.63) is 29.8 Å². The number of guanidine groups is 1. The summed E-state index contributed by atoms with van der Waals surface area (Å²) < 4.78 is 10.6. The van der Waals surface area contributed by atoms with E-state index in [1.54, 1.807) is 14.2 Å². The maximum atomic E-state index is 11.8. The van der Waals surface area contributed by atoms with E-state index >= 15 is 0 Å². The Hall–Kier alpha value is -2.28. The van der Waals surface area contributed by atoms with Crippen molar-refractivity contribution in [3.8, 4) is 0 Å². The van der Waals surface area contributed by atoms with Gasteiger partial charge in [-0.15, -0.1) is 0 Å². The smallest absolute Gasteiger partial charge is 0.412 e. The third-order valence-electron chi connectivity index (χ3n) is 3.76. The fourth-order valence-corrected chi connectivity index (χ4v) is 2.09. The molecule has 0 aliphatic rings. The lowest BCUT2D eigenvalue weighted by Crippen LogP contribution is -2.45. The number of rotatable bonds is 7. The van der Waals surface area contributed by atoms with Crippen LogP contribution in [0.2, 0.25) is 0 Å². The molecule has 1 aromatic rings. The Kier molecular flexibility index (Phi) is 8.56. The molecule has 0 unspecified atom stereocenters. The average molecular weight is 379 g/mol. The minimum Gasteiger partial charge on any atom is -0.444 e. The summed E-state index contributed by atoms with van der Waals surface area (Å²) in [4.78, 5) is 16.0. The number of benzene rings is 1. The Morgan fingerprint density at radius 3 is 2.22 bits per heavy atom. The molecule has 0 atom stereocenters. The lowest BCUT2D eigenvalue weighted by molar-refractivity contribution is 0.0268. The van der Waals surface area contributed by atoms with Gasteiger partial charge in [-0.2, -0.15) is 0 Å². The molecule has 7 heteroatoms. The summed E-state index contributed by atoms with van der Waals surface area (Å²) in [6, 6.07) is 7.71. The first-order valence-corrected chi connectivity index (χ1v) is 9.13. The highest BCUT2D eigenvalue weighted by Crippen LogP contribution is 2.13. The summed E-state index contributed by atoms with van der Waals surface area (Å²) >= 11 is 0. The number of aliphatic imine (C=N–C) groups is 1. The molecule has 0 bridgehead atoms. The van der Waals surface area contributed by atoms with Crippen LogP contribution in [-0.2, 0) is 15.9 Å². The number of ether oxygens (including phenoxy) is 2. The van der Waals surface area contributed by atoms with E-state index < -0.39 is 11.7 Å². The van der Waals surface area contributed by atoms with Crippen molar-refractivity contribution in [1.82, 2.24) is 10.6 Å². The van der Waals surface area contributed by atoms with Crippen LogP contribution in [0, 0.1) is 0 Å². The van der Waals surface area contributed by atoms with E-state index in [0.29, 0.717) is 12.2 Å². The average Bonchev–Trinajstić information content (AvgIpc) is 2.57. The fraction of sp³-hybridized carbons (Fsp3) is 0.600. The van der Waals surface area contributed by atoms with Gasteiger partial charge in [-0.25, -0.2) is 4.79 Å². The fourth-order valence-electron chi connectivity index (χ4n) is 2.09. The molecule has 1 amide bonds. The summed E-state index contributed by atoms with van der Waals surface area (Å²) in [5, 5.41) is 9.26. The van der Waals surface area contributed by atoms with Gasteiger partial charge in [-0.3, -0.25) is 10.3 Å². The Bertz CT molecular complexity index is 619. The van der Waals surface area contributed by atoms with Gasteiger partial charge in [-0.1, -0.05) is 12.1 Å². The third-order valence-corrected chi connectivity index (χ3v) is 3.76. The van der Waals surface area contributed by atoms with Gasteiger partial charge >= 0.3 is 6.09 Å². The van der Waals surface area contributed by atoms with Crippen molar-refractivity contribution >= 4 is 17.7 Å². The second-order valence-electron chi connectivity index (χ2n) is 7.89. The molecule has 0 heterocycles. The molecule has 0 aromatic heterocycles. The number of anilines is 1. The number of hydrogen-bond donors (Lipinski definition) is 3. The highest BCUT2D eigenvalue weighted by Gasteiger charge is 2.17. The van der Waals surface area contributed by atoms with E-state index in [2.05, 4.69) is 20.9 Å². The summed E-state index contributed by atoms with van der Waals surface area (Å²) in [5.74, 6) is 0.739. The molecule has 1 rings (SSSR count). The largest absolute Gasteiger partial charge is 0.444 e. The van der Waals surface area contributed by atoms with E-state index in [4.69, 9.17) is 9.47 Å². The van der Waals surface area contributed by atoms with E-state index in [1.807, 2.05) is 58.9 Å². The number of nitrogens with one attached hydrogen (secondary N) is 3. The Balaban J connectivity index is 2.42. The maximum absolute atomic E-state index is 11.8. The molecule has 7 nitrogen and oxygen atoms in total. The van der Waals surface area contributed by atoms with Crippen LogP contribution in [0.25, 0.3) is 0 Å². The quantitative estimate of drug-likeness (QED) is 0.501. The lowest BCUT2D eigenvalue weighted by atomic mass is 10.1. The van der Waals surface area contributed by atoms with E-state index in [9.17, 15) is 4.79 Å². The molecule has 0 aliphatic carbocycles. The normalized spacial score (nSPS) is 12.5. The topological polar surface area (TPSA) is 84.0 Å². The number of carbonyl (C=O) groups is 1. The second kappa shape index (κ2) is 10.2. The molecule has 0 spiro atoms. The number of amides is 1. The van der Waals surface area contributed by atoms with Crippen molar-refractivity contribution in [2.24, 2.45) is 4.99 Å². The maximum Gasteiger partial charge on any atom is 0.412 e. The van der Waals surface area contributed by atoms with Crippen LogP contribution in [-0.4, -0.2) is 50.5 Å². The second-order valence-corrected chi connectivity index (χ2v) is 7.89. The predicted octanol–water partition coefficient (Wildman–Crippen LogP) is 3.17.